The maximum atomic E-state index is 12.1. The van der Waals surface area contributed by atoms with Crippen LogP contribution in [0.15, 0.2) is 24.3 Å². The fourth-order valence-corrected chi connectivity index (χ4v) is 3.03. The van der Waals surface area contributed by atoms with Crippen molar-refractivity contribution in [1.29, 1.82) is 0 Å². The van der Waals surface area contributed by atoms with Gasteiger partial charge in [-0.3, -0.25) is 4.79 Å². The predicted octanol–water partition coefficient (Wildman–Crippen LogP) is 2.74. The third-order valence-corrected chi connectivity index (χ3v) is 4.24. The second-order valence-electron chi connectivity index (χ2n) is 6.04. The molecule has 3 nitrogen and oxygen atoms in total. The van der Waals surface area contributed by atoms with Gasteiger partial charge in [-0.2, -0.15) is 0 Å². The van der Waals surface area contributed by atoms with Crippen LogP contribution in [0.4, 0.5) is 0 Å². The van der Waals surface area contributed by atoms with Gasteiger partial charge in [0.1, 0.15) is 0 Å². The fraction of sp³-hybridized carbons (Fsp3) is 0.588. The van der Waals surface area contributed by atoms with Gasteiger partial charge in [0.2, 0.25) is 5.91 Å². The van der Waals surface area contributed by atoms with Gasteiger partial charge >= 0.3 is 0 Å². The van der Waals surface area contributed by atoms with E-state index in [-0.39, 0.29) is 18.1 Å². The molecule has 1 amide bonds. The molecule has 0 bridgehead atoms. The van der Waals surface area contributed by atoms with Crippen LogP contribution >= 0.6 is 0 Å². The first-order valence-electron chi connectivity index (χ1n) is 7.61. The molecule has 1 aromatic rings. The average Bonchev–Trinajstić information content (AvgIpc) is 2.46. The summed E-state index contributed by atoms with van der Waals surface area (Å²) in [6.45, 7) is 2.12. The van der Waals surface area contributed by atoms with Gasteiger partial charge in [0, 0.05) is 6.42 Å². The molecule has 0 atom stereocenters. The van der Waals surface area contributed by atoms with Crippen LogP contribution in [-0.4, -0.2) is 23.2 Å². The summed E-state index contributed by atoms with van der Waals surface area (Å²) in [5, 5.41) is 12.7. The van der Waals surface area contributed by atoms with E-state index in [1.54, 1.807) is 0 Å². The first-order valence-corrected chi connectivity index (χ1v) is 7.61. The third-order valence-electron chi connectivity index (χ3n) is 4.24. The second-order valence-corrected chi connectivity index (χ2v) is 6.04. The Morgan fingerprint density at radius 3 is 2.70 bits per heavy atom. The van der Waals surface area contributed by atoms with Crippen molar-refractivity contribution in [2.45, 2.75) is 57.4 Å². The van der Waals surface area contributed by atoms with Crippen molar-refractivity contribution in [2.24, 2.45) is 0 Å². The van der Waals surface area contributed by atoms with Gasteiger partial charge in [-0.05, 0) is 31.7 Å². The SMILES string of the molecule is Cc1cccc(CCC(=O)NC2(CO)CCCCC2)c1. The predicted molar refractivity (Wildman–Crippen MR) is 80.5 cm³/mol. The highest BCUT2D eigenvalue weighted by molar-refractivity contribution is 5.77. The van der Waals surface area contributed by atoms with E-state index < -0.39 is 0 Å². The van der Waals surface area contributed by atoms with E-state index in [4.69, 9.17) is 0 Å². The number of rotatable bonds is 5. The lowest BCUT2D eigenvalue weighted by Gasteiger charge is -2.36. The van der Waals surface area contributed by atoms with Crippen molar-refractivity contribution in [3.63, 3.8) is 0 Å². The van der Waals surface area contributed by atoms with Crippen molar-refractivity contribution in [2.75, 3.05) is 6.61 Å². The summed E-state index contributed by atoms with van der Waals surface area (Å²) < 4.78 is 0. The molecule has 1 aliphatic carbocycles. The number of aliphatic hydroxyl groups excluding tert-OH is 1. The lowest BCUT2D eigenvalue weighted by atomic mass is 9.82. The lowest BCUT2D eigenvalue weighted by Crippen LogP contribution is -2.52. The van der Waals surface area contributed by atoms with E-state index >= 15 is 0 Å². The molecule has 0 heterocycles. The molecule has 110 valence electrons. The molecule has 0 unspecified atom stereocenters. The smallest absolute Gasteiger partial charge is 0.220 e. The van der Waals surface area contributed by atoms with E-state index in [1.807, 2.05) is 6.07 Å². The first kappa shape index (κ1) is 15.0. The van der Waals surface area contributed by atoms with Crippen LogP contribution in [0.3, 0.4) is 0 Å². The minimum absolute atomic E-state index is 0.0578. The highest BCUT2D eigenvalue weighted by Crippen LogP contribution is 2.27. The monoisotopic (exact) mass is 275 g/mol. The molecule has 1 aliphatic rings. The van der Waals surface area contributed by atoms with Gasteiger partial charge in [-0.15, -0.1) is 0 Å². The number of amides is 1. The number of hydrogen-bond donors (Lipinski definition) is 2. The van der Waals surface area contributed by atoms with Gasteiger partial charge in [-0.1, -0.05) is 49.1 Å². The van der Waals surface area contributed by atoms with Gasteiger partial charge < -0.3 is 10.4 Å². The van der Waals surface area contributed by atoms with E-state index in [0.29, 0.717) is 6.42 Å². The molecule has 0 radical (unpaired) electrons. The topological polar surface area (TPSA) is 49.3 Å². The molecule has 2 N–H and O–H groups in total. The van der Waals surface area contributed by atoms with Gasteiger partial charge in [0.15, 0.2) is 0 Å². The van der Waals surface area contributed by atoms with Crippen LogP contribution in [-0.2, 0) is 11.2 Å². The standard InChI is InChI=1S/C17H25NO2/c1-14-6-5-7-15(12-14)8-9-16(20)18-17(13-19)10-3-2-4-11-17/h5-7,12,19H,2-4,8-11,13H2,1H3,(H,18,20). The minimum Gasteiger partial charge on any atom is -0.394 e. The fourth-order valence-electron chi connectivity index (χ4n) is 3.03. The Morgan fingerprint density at radius 2 is 2.05 bits per heavy atom. The van der Waals surface area contributed by atoms with Crippen molar-refractivity contribution in [3.8, 4) is 0 Å². The third kappa shape index (κ3) is 4.07. The molecule has 0 aliphatic heterocycles. The largest absolute Gasteiger partial charge is 0.394 e. The van der Waals surface area contributed by atoms with Crippen LogP contribution in [0.2, 0.25) is 0 Å². The van der Waals surface area contributed by atoms with Gasteiger partial charge in [0.05, 0.1) is 12.1 Å². The zero-order chi connectivity index (χ0) is 14.4. The van der Waals surface area contributed by atoms with E-state index in [1.165, 1.54) is 17.5 Å². The Morgan fingerprint density at radius 1 is 1.30 bits per heavy atom. The molecular weight excluding hydrogens is 250 g/mol. The molecule has 2 rings (SSSR count). The summed E-state index contributed by atoms with van der Waals surface area (Å²) in [7, 11) is 0. The molecular formula is C17H25NO2. The van der Waals surface area contributed by atoms with Crippen molar-refractivity contribution in [3.05, 3.63) is 35.4 Å². The maximum Gasteiger partial charge on any atom is 0.220 e. The zero-order valence-electron chi connectivity index (χ0n) is 12.3. The minimum atomic E-state index is -0.359. The molecule has 0 saturated heterocycles. The summed E-state index contributed by atoms with van der Waals surface area (Å²) in [5.41, 5.74) is 2.06. The molecule has 1 saturated carbocycles. The number of carbonyl (C=O) groups is 1. The number of nitrogens with one attached hydrogen (secondary N) is 1. The van der Waals surface area contributed by atoms with Gasteiger partial charge in [0.25, 0.3) is 0 Å². The van der Waals surface area contributed by atoms with Crippen LogP contribution in [0.25, 0.3) is 0 Å². The highest BCUT2D eigenvalue weighted by atomic mass is 16.3. The normalized spacial score (nSPS) is 17.7. The van der Waals surface area contributed by atoms with E-state index in [9.17, 15) is 9.90 Å². The summed E-state index contributed by atoms with van der Waals surface area (Å²) in [5.74, 6) is 0.0578. The second kappa shape index (κ2) is 6.89. The number of hydrogen-bond acceptors (Lipinski definition) is 2. The maximum absolute atomic E-state index is 12.1. The van der Waals surface area contributed by atoms with Crippen LogP contribution < -0.4 is 5.32 Å². The summed E-state index contributed by atoms with van der Waals surface area (Å²) in [6, 6.07) is 8.27. The zero-order valence-corrected chi connectivity index (χ0v) is 12.3. The summed E-state index contributed by atoms with van der Waals surface area (Å²) in [4.78, 5) is 12.1. The van der Waals surface area contributed by atoms with E-state index in [0.717, 1.165) is 32.1 Å². The van der Waals surface area contributed by atoms with E-state index in [2.05, 4.69) is 30.4 Å². The first-order chi connectivity index (χ1) is 9.63. The molecule has 1 fully saturated rings. The molecule has 0 aromatic heterocycles. The molecule has 20 heavy (non-hydrogen) atoms. The number of benzene rings is 1. The Balaban J connectivity index is 1.85. The number of aryl methyl sites for hydroxylation is 2. The van der Waals surface area contributed by atoms with Crippen LogP contribution in [0.1, 0.15) is 49.7 Å². The number of aliphatic hydroxyl groups is 1. The average molecular weight is 275 g/mol. The lowest BCUT2D eigenvalue weighted by molar-refractivity contribution is -0.124. The molecule has 1 aromatic carbocycles. The Hall–Kier alpha value is -1.35. The highest BCUT2D eigenvalue weighted by Gasteiger charge is 2.32. The van der Waals surface area contributed by atoms with Crippen molar-refractivity contribution in [1.82, 2.24) is 5.32 Å². The molecule has 0 spiro atoms. The Kier molecular flexibility index (Phi) is 5.18. The molecule has 3 heteroatoms. The Labute approximate surface area is 121 Å². The number of carbonyl (C=O) groups excluding carboxylic acids is 1. The van der Waals surface area contributed by atoms with Crippen LogP contribution in [0.5, 0.6) is 0 Å². The van der Waals surface area contributed by atoms with Crippen LogP contribution in [0, 0.1) is 6.92 Å². The Bertz CT molecular complexity index is 450. The summed E-state index contributed by atoms with van der Waals surface area (Å²) >= 11 is 0. The quantitative estimate of drug-likeness (QED) is 0.868. The van der Waals surface area contributed by atoms with Gasteiger partial charge in [-0.25, -0.2) is 0 Å². The van der Waals surface area contributed by atoms with Crippen molar-refractivity contribution < 1.29 is 9.90 Å². The summed E-state index contributed by atoms with van der Waals surface area (Å²) in [6.07, 6.45) is 6.46. The van der Waals surface area contributed by atoms with Crippen molar-refractivity contribution >= 4 is 5.91 Å².